The lowest BCUT2D eigenvalue weighted by atomic mass is 10.0. The number of carbonyl (C=O) groups is 2. The van der Waals surface area contributed by atoms with Crippen LogP contribution in [0, 0.1) is 0 Å². The van der Waals surface area contributed by atoms with E-state index in [2.05, 4.69) is 15.9 Å². The Balaban J connectivity index is 2.10. The second-order valence-electron chi connectivity index (χ2n) is 5.90. The molecular formula is C21H18BrNO3S. The molecule has 0 bridgehead atoms. The zero-order valence-electron chi connectivity index (χ0n) is 15.2. The molecule has 0 N–H and O–H groups in total. The van der Waals surface area contributed by atoms with Gasteiger partial charge in [0, 0.05) is 15.1 Å². The van der Waals surface area contributed by atoms with E-state index in [0.717, 1.165) is 14.9 Å². The van der Waals surface area contributed by atoms with Crippen LogP contribution in [0.4, 0.5) is 5.69 Å². The molecule has 27 heavy (non-hydrogen) atoms. The number of methoxy groups -OCH3 is 1. The first-order valence-corrected chi connectivity index (χ1v) is 10.2. The Bertz CT molecular complexity index is 964. The Hall–Kier alpha value is -2.31. The summed E-state index contributed by atoms with van der Waals surface area (Å²) in [5.74, 6) is -0.773. The Morgan fingerprint density at radius 3 is 2.48 bits per heavy atom. The molecule has 1 heterocycles. The van der Waals surface area contributed by atoms with E-state index in [-0.39, 0.29) is 11.5 Å². The van der Waals surface area contributed by atoms with Gasteiger partial charge in [-0.3, -0.25) is 9.69 Å². The zero-order valence-corrected chi connectivity index (χ0v) is 17.6. The van der Waals surface area contributed by atoms with Crippen molar-refractivity contribution in [1.29, 1.82) is 0 Å². The van der Waals surface area contributed by atoms with Gasteiger partial charge in [0.15, 0.2) is 0 Å². The number of ether oxygens (including phenoxy) is 1. The molecule has 0 saturated heterocycles. The number of hydrogen-bond acceptors (Lipinski definition) is 4. The molecule has 0 saturated carbocycles. The fraction of sp³-hybridized carbons (Fsp3) is 0.143. The molecule has 138 valence electrons. The smallest absolute Gasteiger partial charge is 0.340 e. The molecule has 1 aliphatic heterocycles. The quantitative estimate of drug-likeness (QED) is 0.376. The normalized spacial score (nSPS) is 15.6. The highest BCUT2D eigenvalue weighted by molar-refractivity contribution is 9.10. The summed E-state index contributed by atoms with van der Waals surface area (Å²) in [5, 5.41) is 0. The van der Waals surface area contributed by atoms with E-state index in [1.165, 1.54) is 7.11 Å². The number of carbonyl (C=O) groups excluding carboxylic acids is 2. The molecule has 1 aliphatic rings. The molecule has 0 atom stereocenters. The Morgan fingerprint density at radius 2 is 1.89 bits per heavy atom. The van der Waals surface area contributed by atoms with Gasteiger partial charge in [0.2, 0.25) is 0 Å². The van der Waals surface area contributed by atoms with E-state index < -0.39 is 5.97 Å². The number of hydrogen-bond donors (Lipinski definition) is 0. The maximum atomic E-state index is 13.2. The third kappa shape index (κ3) is 3.87. The summed E-state index contributed by atoms with van der Waals surface area (Å²) in [6, 6.07) is 15.2. The summed E-state index contributed by atoms with van der Waals surface area (Å²) >= 11 is 5.07. The number of halogens is 1. The molecule has 0 aliphatic carbocycles. The molecule has 0 aromatic heterocycles. The highest BCUT2D eigenvalue weighted by atomic mass is 79.9. The molecule has 4 nitrogen and oxygen atoms in total. The molecule has 1 amide bonds. The summed E-state index contributed by atoms with van der Waals surface area (Å²) in [4.78, 5) is 28.2. The van der Waals surface area contributed by atoms with Gasteiger partial charge >= 0.3 is 5.97 Å². The minimum atomic E-state index is -0.523. The van der Waals surface area contributed by atoms with Crippen molar-refractivity contribution in [3.05, 3.63) is 75.4 Å². The van der Waals surface area contributed by atoms with Crippen LogP contribution in [-0.4, -0.2) is 25.2 Å². The number of nitrogens with zero attached hydrogens (tertiary/aromatic N) is 1. The van der Waals surface area contributed by atoms with E-state index in [4.69, 9.17) is 4.74 Å². The summed E-state index contributed by atoms with van der Waals surface area (Å²) in [6.07, 6.45) is 3.74. The predicted molar refractivity (Wildman–Crippen MR) is 113 cm³/mol. The van der Waals surface area contributed by atoms with Crippen molar-refractivity contribution in [1.82, 2.24) is 0 Å². The van der Waals surface area contributed by atoms with Gasteiger partial charge in [0.05, 0.1) is 23.9 Å². The molecule has 2 aromatic carbocycles. The van der Waals surface area contributed by atoms with Crippen molar-refractivity contribution in [3.8, 4) is 0 Å². The van der Waals surface area contributed by atoms with E-state index in [0.29, 0.717) is 17.0 Å². The lowest BCUT2D eigenvalue weighted by Crippen LogP contribution is -2.24. The van der Waals surface area contributed by atoms with Gasteiger partial charge < -0.3 is 4.74 Å². The summed E-state index contributed by atoms with van der Waals surface area (Å²) in [6.45, 7) is 1.75. The SMILES string of the molecule is COC(=O)C1=C(C)N(c2cccc(Br)c2)C(=O)C1=Cc1ccc(SC)cc1. The fourth-order valence-electron chi connectivity index (χ4n) is 2.97. The third-order valence-corrected chi connectivity index (χ3v) is 5.52. The monoisotopic (exact) mass is 443 g/mol. The zero-order chi connectivity index (χ0) is 19.6. The Labute approximate surface area is 171 Å². The number of amides is 1. The number of rotatable bonds is 4. The highest BCUT2D eigenvalue weighted by Gasteiger charge is 2.37. The van der Waals surface area contributed by atoms with Gasteiger partial charge in [0.1, 0.15) is 0 Å². The molecule has 0 unspecified atom stereocenters. The number of benzene rings is 2. The maximum absolute atomic E-state index is 13.2. The van der Waals surface area contributed by atoms with Crippen LogP contribution in [0.5, 0.6) is 0 Å². The van der Waals surface area contributed by atoms with E-state index in [9.17, 15) is 9.59 Å². The van der Waals surface area contributed by atoms with Crippen molar-refractivity contribution < 1.29 is 14.3 Å². The molecule has 2 aromatic rings. The highest BCUT2D eigenvalue weighted by Crippen LogP contribution is 2.36. The van der Waals surface area contributed by atoms with Crippen LogP contribution in [0.2, 0.25) is 0 Å². The minimum absolute atomic E-state index is 0.250. The largest absolute Gasteiger partial charge is 0.465 e. The second-order valence-corrected chi connectivity index (χ2v) is 7.70. The number of esters is 1. The lowest BCUT2D eigenvalue weighted by Gasteiger charge is -2.18. The van der Waals surface area contributed by atoms with Gasteiger partial charge in [0.25, 0.3) is 5.91 Å². The number of anilines is 1. The molecule has 0 spiro atoms. The van der Waals surface area contributed by atoms with Crippen LogP contribution in [0.3, 0.4) is 0 Å². The summed E-state index contributed by atoms with van der Waals surface area (Å²) in [5.41, 5.74) is 2.71. The maximum Gasteiger partial charge on any atom is 0.340 e. The second kappa shape index (κ2) is 8.15. The topological polar surface area (TPSA) is 46.6 Å². The van der Waals surface area contributed by atoms with Gasteiger partial charge in [-0.25, -0.2) is 4.79 Å². The van der Waals surface area contributed by atoms with Crippen molar-refractivity contribution in [2.45, 2.75) is 11.8 Å². The van der Waals surface area contributed by atoms with Crippen molar-refractivity contribution in [2.24, 2.45) is 0 Å². The number of thioether (sulfide) groups is 1. The van der Waals surface area contributed by atoms with Gasteiger partial charge in [-0.1, -0.05) is 34.1 Å². The average Bonchev–Trinajstić information content (AvgIpc) is 2.91. The molecule has 6 heteroatoms. The van der Waals surface area contributed by atoms with Gasteiger partial charge in [-0.2, -0.15) is 0 Å². The third-order valence-electron chi connectivity index (χ3n) is 4.28. The van der Waals surface area contributed by atoms with E-state index >= 15 is 0 Å². The van der Waals surface area contributed by atoms with Crippen LogP contribution in [-0.2, 0) is 14.3 Å². The van der Waals surface area contributed by atoms with Crippen molar-refractivity contribution in [3.63, 3.8) is 0 Å². The standard InChI is InChI=1S/C21H18BrNO3S/c1-13-19(21(25)26-2)18(11-14-7-9-17(27-3)10-8-14)20(24)23(13)16-6-4-5-15(22)12-16/h4-12H,1-3H3. The Kier molecular flexibility index (Phi) is 5.87. The molecule has 3 rings (SSSR count). The Morgan fingerprint density at radius 1 is 1.19 bits per heavy atom. The number of allylic oxidation sites excluding steroid dienone is 1. The van der Waals surface area contributed by atoms with Crippen molar-refractivity contribution >= 4 is 51.3 Å². The summed E-state index contributed by atoms with van der Waals surface area (Å²) < 4.78 is 5.79. The van der Waals surface area contributed by atoms with Crippen molar-refractivity contribution in [2.75, 3.05) is 18.3 Å². The average molecular weight is 444 g/mol. The van der Waals surface area contributed by atoms with Crippen LogP contribution in [0.25, 0.3) is 6.08 Å². The first kappa shape index (κ1) is 19.5. The predicted octanol–water partition coefficient (Wildman–Crippen LogP) is 5.05. The van der Waals surface area contributed by atoms with Crippen LogP contribution < -0.4 is 4.90 Å². The van der Waals surface area contributed by atoms with Crippen LogP contribution >= 0.6 is 27.7 Å². The van der Waals surface area contributed by atoms with E-state index in [1.807, 2.05) is 54.8 Å². The van der Waals surface area contributed by atoms with E-state index in [1.54, 1.807) is 29.7 Å². The first-order valence-electron chi connectivity index (χ1n) is 8.21. The van der Waals surface area contributed by atoms with Gasteiger partial charge in [-0.15, -0.1) is 11.8 Å². The minimum Gasteiger partial charge on any atom is -0.465 e. The van der Waals surface area contributed by atoms with Crippen LogP contribution in [0.1, 0.15) is 12.5 Å². The van der Waals surface area contributed by atoms with Gasteiger partial charge in [-0.05, 0) is 55.2 Å². The molecule has 0 radical (unpaired) electrons. The lowest BCUT2D eigenvalue weighted by molar-refractivity contribution is -0.136. The first-order chi connectivity index (χ1) is 13.0. The van der Waals surface area contributed by atoms with Crippen LogP contribution in [0.15, 0.2) is 74.7 Å². The fourth-order valence-corrected chi connectivity index (χ4v) is 3.77. The molecular weight excluding hydrogens is 426 g/mol. The molecule has 0 fully saturated rings. The summed E-state index contributed by atoms with van der Waals surface area (Å²) in [7, 11) is 1.32.